The molecule has 0 amide bonds. The zero-order valence-corrected chi connectivity index (χ0v) is 5.19. The van der Waals surface area contributed by atoms with Crippen molar-refractivity contribution in [2.45, 2.75) is 12.8 Å². The van der Waals surface area contributed by atoms with E-state index in [1.165, 1.54) is 0 Å². The number of alkyl halides is 2. The molecule has 0 fully saturated rings. The van der Waals surface area contributed by atoms with E-state index in [-0.39, 0.29) is 6.61 Å². The molecule has 0 aromatic rings. The average molecular weight is 139 g/mol. The second kappa shape index (κ2) is 3.74. The lowest BCUT2D eigenvalue weighted by Gasteiger charge is -2.18. The van der Waals surface area contributed by atoms with E-state index in [0.717, 1.165) is 0 Å². The van der Waals surface area contributed by atoms with Crippen LogP contribution >= 0.6 is 0 Å². The smallest absolute Gasteiger partial charge is 0.256 e. The molecule has 0 saturated carbocycles. The molecule has 9 heavy (non-hydrogen) atoms. The van der Waals surface area contributed by atoms with Crippen LogP contribution in [0.25, 0.3) is 0 Å². The Morgan fingerprint density at radius 1 is 1.56 bits per heavy atom. The van der Waals surface area contributed by atoms with E-state index in [2.05, 4.69) is 4.74 Å². The van der Waals surface area contributed by atoms with Gasteiger partial charge < -0.3 is 9.84 Å². The van der Waals surface area contributed by atoms with Gasteiger partial charge in [0.2, 0.25) is 0 Å². The molecule has 0 aromatic carbocycles. The van der Waals surface area contributed by atoms with E-state index < -0.39 is 19.1 Å². The molecular weight excluding hydrogens is 130 g/mol. The van der Waals surface area contributed by atoms with Crippen molar-refractivity contribution < 1.29 is 18.6 Å². The monoisotopic (exact) mass is 139 g/mol. The molecule has 0 aromatic heterocycles. The highest BCUT2D eigenvalue weighted by atomic mass is 19.3. The second-order valence-corrected chi connectivity index (χ2v) is 1.64. The molecule has 2 nitrogen and oxygen atoms in total. The van der Waals surface area contributed by atoms with Crippen LogP contribution < -0.4 is 5.11 Å². The van der Waals surface area contributed by atoms with Gasteiger partial charge in [0.15, 0.2) is 0 Å². The third kappa shape index (κ3) is 4.29. The van der Waals surface area contributed by atoms with Crippen molar-refractivity contribution >= 4 is 0 Å². The largest absolute Gasteiger partial charge is 0.850 e. The van der Waals surface area contributed by atoms with Crippen LogP contribution in [-0.4, -0.2) is 25.7 Å². The molecule has 0 unspecified atom stereocenters. The molecule has 0 rings (SSSR count). The van der Waals surface area contributed by atoms with E-state index in [1.807, 2.05) is 0 Å². The summed E-state index contributed by atoms with van der Waals surface area (Å²) in [6, 6.07) is 0. The molecule has 0 N–H and O–H groups in total. The summed E-state index contributed by atoms with van der Waals surface area (Å²) in [5.41, 5.74) is 0. The predicted octanol–water partition coefficient (Wildman–Crippen LogP) is 0.0185. The van der Waals surface area contributed by atoms with Crippen molar-refractivity contribution in [3.05, 3.63) is 0 Å². The zero-order chi connectivity index (χ0) is 7.33. The molecule has 0 aliphatic carbocycles. The number of rotatable bonds is 4. The molecule has 0 aliphatic heterocycles. The average Bonchev–Trinajstić information content (AvgIpc) is 1.84. The topological polar surface area (TPSA) is 32.3 Å². The Balaban J connectivity index is 3.33. The fourth-order valence-electron chi connectivity index (χ4n) is 0.293. The van der Waals surface area contributed by atoms with Crippen molar-refractivity contribution in [1.82, 2.24) is 0 Å². The van der Waals surface area contributed by atoms with Crippen molar-refractivity contribution in [3.63, 3.8) is 0 Å². The molecule has 0 saturated heterocycles. The second-order valence-electron chi connectivity index (χ2n) is 1.64. The van der Waals surface area contributed by atoms with Crippen molar-refractivity contribution in [2.24, 2.45) is 0 Å². The normalized spacial score (nSPS) is 12.0. The number of ether oxygens (including phenoxy) is 1. The predicted molar refractivity (Wildman–Crippen MR) is 26.3 cm³/mol. The maximum atomic E-state index is 11.9. The van der Waals surface area contributed by atoms with Crippen LogP contribution in [0.3, 0.4) is 0 Å². The molecule has 4 heteroatoms. The highest BCUT2D eigenvalue weighted by molar-refractivity contribution is 4.60. The molecule has 56 valence electrons. The van der Waals surface area contributed by atoms with Gasteiger partial charge in [-0.1, -0.05) is 6.61 Å². The number of hydrogen-bond donors (Lipinski definition) is 0. The van der Waals surface area contributed by atoms with Crippen LogP contribution in [0.4, 0.5) is 8.78 Å². The van der Waals surface area contributed by atoms with Crippen LogP contribution in [0, 0.1) is 0 Å². The molecule has 0 heterocycles. The third-order valence-corrected chi connectivity index (χ3v) is 0.729. The Kier molecular flexibility index (Phi) is 3.65. The Labute approximate surface area is 52.4 Å². The third-order valence-electron chi connectivity index (χ3n) is 0.729. The Bertz CT molecular complexity index is 75.4. The van der Waals surface area contributed by atoms with Gasteiger partial charge in [-0.15, -0.1) is 0 Å². The summed E-state index contributed by atoms with van der Waals surface area (Å²) in [4.78, 5) is 0. The minimum atomic E-state index is -3.18. The van der Waals surface area contributed by atoms with E-state index in [4.69, 9.17) is 0 Å². The van der Waals surface area contributed by atoms with Crippen molar-refractivity contribution in [2.75, 3.05) is 19.8 Å². The molecule has 0 bridgehead atoms. The van der Waals surface area contributed by atoms with Crippen LogP contribution in [0.5, 0.6) is 0 Å². The zero-order valence-electron chi connectivity index (χ0n) is 5.19. The van der Waals surface area contributed by atoms with Crippen molar-refractivity contribution in [1.29, 1.82) is 0 Å². The summed E-state index contributed by atoms with van der Waals surface area (Å²) in [6.07, 6.45) is 0. The Morgan fingerprint density at radius 2 is 2.11 bits per heavy atom. The molecule has 0 radical (unpaired) electrons. The maximum absolute atomic E-state index is 11.9. The Morgan fingerprint density at radius 3 is 2.44 bits per heavy atom. The molecular formula is C5H9F2O2-. The van der Waals surface area contributed by atoms with E-state index in [0.29, 0.717) is 0 Å². The van der Waals surface area contributed by atoms with Gasteiger partial charge in [0.1, 0.15) is 6.61 Å². The van der Waals surface area contributed by atoms with Gasteiger partial charge in [-0.25, -0.2) is 8.78 Å². The summed E-state index contributed by atoms with van der Waals surface area (Å²) >= 11 is 0. The highest BCUT2D eigenvalue weighted by Crippen LogP contribution is 2.10. The van der Waals surface area contributed by atoms with Gasteiger partial charge in [0, 0.05) is 6.61 Å². The summed E-state index contributed by atoms with van der Waals surface area (Å²) in [5.74, 6) is -3.18. The lowest BCUT2D eigenvalue weighted by Crippen LogP contribution is -2.35. The Hall–Kier alpha value is -0.220. The molecule has 0 spiro atoms. The quantitative estimate of drug-likeness (QED) is 0.550. The first-order valence-corrected chi connectivity index (χ1v) is 2.66. The van der Waals surface area contributed by atoms with E-state index >= 15 is 0 Å². The van der Waals surface area contributed by atoms with Gasteiger partial charge in [-0.05, 0) is 6.92 Å². The lowest BCUT2D eigenvalue weighted by atomic mass is 10.4. The standard InChI is InChI=1S/C5H9F2O2/c1-2-9-4-5(6,7)3-8/h2-4H2,1H3/q-1. The summed E-state index contributed by atoms with van der Waals surface area (Å²) in [5, 5.41) is 9.63. The fourth-order valence-corrected chi connectivity index (χ4v) is 0.293. The van der Waals surface area contributed by atoms with Gasteiger partial charge in [-0.3, -0.25) is 0 Å². The minimum Gasteiger partial charge on any atom is -0.850 e. The van der Waals surface area contributed by atoms with Gasteiger partial charge in [0.05, 0.1) is 0 Å². The maximum Gasteiger partial charge on any atom is 0.256 e. The van der Waals surface area contributed by atoms with Gasteiger partial charge >= 0.3 is 0 Å². The summed E-state index contributed by atoms with van der Waals surface area (Å²) in [6.45, 7) is -0.337. The van der Waals surface area contributed by atoms with Gasteiger partial charge in [0.25, 0.3) is 5.92 Å². The van der Waals surface area contributed by atoms with Crippen LogP contribution in [0.1, 0.15) is 6.92 Å². The summed E-state index contributed by atoms with van der Waals surface area (Å²) in [7, 11) is 0. The van der Waals surface area contributed by atoms with Crippen LogP contribution in [-0.2, 0) is 4.74 Å². The first-order chi connectivity index (χ1) is 4.12. The first-order valence-electron chi connectivity index (χ1n) is 2.66. The summed E-state index contributed by atoms with van der Waals surface area (Å²) < 4.78 is 28.1. The van der Waals surface area contributed by atoms with E-state index in [9.17, 15) is 13.9 Å². The highest BCUT2D eigenvalue weighted by Gasteiger charge is 2.22. The number of hydrogen-bond acceptors (Lipinski definition) is 2. The molecule has 0 aliphatic rings. The lowest BCUT2D eigenvalue weighted by molar-refractivity contribution is -0.410. The SMILES string of the molecule is CCOCC(F)(F)C[O-]. The van der Waals surface area contributed by atoms with Crippen molar-refractivity contribution in [3.8, 4) is 0 Å². The van der Waals surface area contributed by atoms with Gasteiger partial charge in [-0.2, -0.15) is 0 Å². The van der Waals surface area contributed by atoms with E-state index in [1.54, 1.807) is 6.92 Å². The first kappa shape index (κ1) is 8.78. The minimum absolute atomic E-state index is 0.218. The van der Waals surface area contributed by atoms with Crippen LogP contribution in [0.2, 0.25) is 0 Å². The molecule has 0 atom stereocenters. The number of halogens is 2. The van der Waals surface area contributed by atoms with Crippen LogP contribution in [0.15, 0.2) is 0 Å². The fraction of sp³-hybridized carbons (Fsp3) is 1.00.